The highest BCUT2D eigenvalue weighted by Gasteiger charge is 2.10. The molecule has 0 saturated carbocycles. The Kier molecular flexibility index (Phi) is 6.25. The summed E-state index contributed by atoms with van der Waals surface area (Å²) in [6.07, 6.45) is 5.01. The molecule has 2 heterocycles. The molecule has 0 saturated heterocycles. The van der Waals surface area contributed by atoms with Gasteiger partial charge in [0.1, 0.15) is 11.5 Å². The van der Waals surface area contributed by atoms with Crippen molar-refractivity contribution in [1.29, 1.82) is 5.26 Å². The lowest BCUT2D eigenvalue weighted by Crippen LogP contribution is -2.22. The van der Waals surface area contributed by atoms with Crippen molar-refractivity contribution in [3.05, 3.63) is 72.1 Å². The van der Waals surface area contributed by atoms with Crippen LogP contribution in [0.25, 0.3) is 11.4 Å². The van der Waals surface area contributed by atoms with Crippen LogP contribution in [-0.4, -0.2) is 38.8 Å². The molecule has 2 aromatic heterocycles. The van der Waals surface area contributed by atoms with Crippen molar-refractivity contribution in [2.24, 2.45) is 0 Å². The minimum Gasteiger partial charge on any atom is -0.335 e. The summed E-state index contributed by atoms with van der Waals surface area (Å²) in [7, 11) is 2.01. The van der Waals surface area contributed by atoms with Gasteiger partial charge in [0.05, 0.1) is 24.5 Å². The lowest BCUT2D eigenvalue weighted by molar-refractivity contribution is 0.0997. The summed E-state index contributed by atoms with van der Waals surface area (Å²) in [5.74, 6) is -0.461. The van der Waals surface area contributed by atoms with E-state index in [0.29, 0.717) is 17.0 Å². The van der Waals surface area contributed by atoms with Crippen LogP contribution < -0.4 is 0 Å². The highest BCUT2D eigenvalue weighted by molar-refractivity contribution is 5.97. The van der Waals surface area contributed by atoms with Crippen LogP contribution >= 0.6 is 0 Å². The molecule has 28 heavy (non-hydrogen) atoms. The number of benzene rings is 1. The van der Waals surface area contributed by atoms with Crippen molar-refractivity contribution in [3.8, 4) is 17.5 Å². The maximum Gasteiger partial charge on any atom is 0.177 e. The first-order valence-electron chi connectivity index (χ1n) is 8.86. The monoisotopic (exact) mass is 377 g/mol. The van der Waals surface area contributed by atoms with Crippen molar-refractivity contribution in [1.82, 2.24) is 19.4 Å². The number of carbonyl (C=O) groups excluding carboxylic acids is 1. The predicted molar refractivity (Wildman–Crippen MR) is 103 cm³/mol. The third-order valence-corrected chi connectivity index (χ3v) is 4.32. The van der Waals surface area contributed by atoms with Crippen LogP contribution in [0.4, 0.5) is 4.39 Å². The van der Waals surface area contributed by atoms with Gasteiger partial charge in [-0.2, -0.15) is 5.26 Å². The number of imidazole rings is 1. The van der Waals surface area contributed by atoms with Crippen LogP contribution in [0, 0.1) is 17.1 Å². The highest BCUT2D eigenvalue weighted by Crippen LogP contribution is 2.16. The number of nitriles is 1. The van der Waals surface area contributed by atoms with E-state index in [1.807, 2.05) is 23.9 Å². The van der Waals surface area contributed by atoms with Crippen LogP contribution in [0.15, 0.2) is 55.1 Å². The molecule has 7 heteroatoms. The number of aromatic nitrogens is 3. The van der Waals surface area contributed by atoms with Crippen LogP contribution in [0.3, 0.4) is 0 Å². The molecule has 0 N–H and O–H groups in total. The summed E-state index contributed by atoms with van der Waals surface area (Å²) >= 11 is 0. The normalized spacial score (nSPS) is 10.8. The van der Waals surface area contributed by atoms with Crippen LogP contribution in [0.5, 0.6) is 0 Å². The van der Waals surface area contributed by atoms with Crippen molar-refractivity contribution in [2.75, 3.05) is 13.6 Å². The largest absolute Gasteiger partial charge is 0.335 e. The number of pyridine rings is 1. The Morgan fingerprint density at radius 3 is 2.75 bits per heavy atom. The average molecular weight is 377 g/mol. The number of hydrogen-bond donors (Lipinski definition) is 0. The van der Waals surface area contributed by atoms with E-state index in [1.54, 1.807) is 36.8 Å². The second kappa shape index (κ2) is 9.02. The number of halogens is 1. The molecule has 1 aromatic carbocycles. The van der Waals surface area contributed by atoms with E-state index in [-0.39, 0.29) is 18.0 Å². The zero-order valence-electron chi connectivity index (χ0n) is 15.5. The van der Waals surface area contributed by atoms with Gasteiger partial charge in [-0.15, -0.1) is 0 Å². The summed E-state index contributed by atoms with van der Waals surface area (Å²) in [6, 6.07) is 11.6. The molecule has 0 spiro atoms. The number of ketones is 1. The van der Waals surface area contributed by atoms with Gasteiger partial charge in [-0.1, -0.05) is 12.1 Å². The minimum atomic E-state index is -0.232. The number of nitrogens with zero attached hydrogens (tertiary/aromatic N) is 5. The highest BCUT2D eigenvalue weighted by atomic mass is 19.1. The fourth-order valence-electron chi connectivity index (χ4n) is 2.80. The molecule has 0 aliphatic heterocycles. The van der Waals surface area contributed by atoms with E-state index in [9.17, 15) is 9.18 Å². The van der Waals surface area contributed by atoms with Gasteiger partial charge >= 0.3 is 0 Å². The van der Waals surface area contributed by atoms with E-state index >= 15 is 0 Å². The zero-order chi connectivity index (χ0) is 19.9. The van der Waals surface area contributed by atoms with Crippen LogP contribution in [0.2, 0.25) is 0 Å². The Labute approximate surface area is 162 Å². The fraction of sp³-hybridized carbons (Fsp3) is 0.238. The molecule has 3 aromatic rings. The van der Waals surface area contributed by atoms with E-state index in [1.165, 1.54) is 12.1 Å². The fourth-order valence-corrected chi connectivity index (χ4v) is 2.80. The molecule has 0 radical (unpaired) electrons. The van der Waals surface area contributed by atoms with Crippen molar-refractivity contribution in [3.63, 3.8) is 0 Å². The summed E-state index contributed by atoms with van der Waals surface area (Å²) in [5.41, 5.74) is 2.79. The third-order valence-electron chi connectivity index (χ3n) is 4.32. The van der Waals surface area contributed by atoms with Crippen molar-refractivity contribution >= 4 is 5.78 Å². The molecule has 0 fully saturated rings. The Bertz CT molecular complexity index is 991. The summed E-state index contributed by atoms with van der Waals surface area (Å²) < 4.78 is 14.9. The molecule has 6 nitrogen and oxygen atoms in total. The maximum atomic E-state index is 13.0. The number of hydrogen-bond acceptors (Lipinski definition) is 5. The first kappa shape index (κ1) is 19.4. The van der Waals surface area contributed by atoms with Gasteiger partial charge in [-0.3, -0.25) is 9.78 Å². The van der Waals surface area contributed by atoms with E-state index in [4.69, 9.17) is 5.26 Å². The number of likely N-dealkylation sites (N-methyl/N-ethyl adjacent to an activating group) is 1. The maximum absolute atomic E-state index is 13.0. The molecular formula is C21H20FN5O. The second-order valence-corrected chi connectivity index (χ2v) is 6.55. The molecule has 0 bridgehead atoms. The van der Waals surface area contributed by atoms with Gasteiger partial charge in [0, 0.05) is 37.6 Å². The van der Waals surface area contributed by atoms with E-state index < -0.39 is 0 Å². The van der Waals surface area contributed by atoms with Crippen molar-refractivity contribution in [2.45, 2.75) is 19.5 Å². The number of carbonyl (C=O) groups is 1. The lowest BCUT2D eigenvalue weighted by Gasteiger charge is -2.16. The Morgan fingerprint density at radius 2 is 2.00 bits per heavy atom. The van der Waals surface area contributed by atoms with E-state index in [2.05, 4.69) is 14.9 Å². The van der Waals surface area contributed by atoms with E-state index in [0.717, 1.165) is 25.2 Å². The number of rotatable bonds is 8. The molecule has 3 rings (SSSR count). The summed E-state index contributed by atoms with van der Waals surface area (Å²) in [6.45, 7) is 2.26. The Balaban J connectivity index is 1.60. The lowest BCUT2D eigenvalue weighted by atomic mass is 10.1. The average Bonchev–Trinajstić information content (AvgIpc) is 3.18. The smallest absolute Gasteiger partial charge is 0.177 e. The SMILES string of the molecule is CN(CCn1cnc(-c2cc(C(=O)CC#N)ccn2)c1)Cc1ccc(F)cc1. The topological polar surface area (TPSA) is 74.8 Å². The number of Topliss-reactive ketones (excluding diaryl/α,β-unsaturated/α-hetero) is 1. The van der Waals surface area contributed by atoms with Crippen LogP contribution in [-0.2, 0) is 13.1 Å². The molecule has 0 atom stereocenters. The molecule has 0 unspecified atom stereocenters. The predicted octanol–water partition coefficient (Wildman–Crippen LogP) is 3.31. The third kappa shape index (κ3) is 5.09. The standard InChI is InChI=1S/C21H20FN5O/c1-26(13-16-2-4-18(22)5-3-16)10-11-27-14-20(25-15-27)19-12-17(7-9-24-19)21(28)6-8-23/h2-5,7,9,12,14-15H,6,10-11,13H2,1H3. The van der Waals surface area contributed by atoms with Crippen molar-refractivity contribution < 1.29 is 9.18 Å². The first-order valence-corrected chi connectivity index (χ1v) is 8.86. The molecular weight excluding hydrogens is 357 g/mol. The van der Waals surface area contributed by atoms with Gasteiger partial charge in [0.25, 0.3) is 0 Å². The van der Waals surface area contributed by atoms with Gasteiger partial charge in [-0.25, -0.2) is 9.37 Å². The minimum absolute atomic E-state index is 0.154. The van der Waals surface area contributed by atoms with Gasteiger partial charge in [0.2, 0.25) is 0 Å². The quantitative estimate of drug-likeness (QED) is 0.563. The molecule has 0 aliphatic rings. The Morgan fingerprint density at radius 1 is 1.21 bits per heavy atom. The molecule has 0 amide bonds. The molecule has 0 aliphatic carbocycles. The first-order chi connectivity index (χ1) is 13.5. The summed E-state index contributed by atoms with van der Waals surface area (Å²) in [5, 5.41) is 8.67. The van der Waals surface area contributed by atoms with Gasteiger partial charge < -0.3 is 9.47 Å². The summed E-state index contributed by atoms with van der Waals surface area (Å²) in [4.78, 5) is 22.7. The van der Waals surface area contributed by atoms with Gasteiger partial charge in [-0.05, 0) is 36.9 Å². The zero-order valence-corrected chi connectivity index (χ0v) is 15.5. The van der Waals surface area contributed by atoms with Crippen LogP contribution in [0.1, 0.15) is 22.3 Å². The second-order valence-electron chi connectivity index (χ2n) is 6.55. The van der Waals surface area contributed by atoms with Gasteiger partial charge in [0.15, 0.2) is 5.78 Å². The Hall–Kier alpha value is -3.37. The molecule has 142 valence electrons.